The quantitative estimate of drug-likeness (QED) is 0.785. The fourth-order valence-corrected chi connectivity index (χ4v) is 2.06. The maximum atomic E-state index is 4.09. The third-order valence-electron chi connectivity index (χ3n) is 3.19. The summed E-state index contributed by atoms with van der Waals surface area (Å²) in [5, 5.41) is 3.41. The molecule has 0 saturated heterocycles. The lowest BCUT2D eigenvalue weighted by atomic mass is 10.1. The average molecular weight is 251 g/mol. The first-order valence-electron chi connectivity index (χ1n) is 6.84. The molecule has 2 aromatic carbocycles. The largest absolute Gasteiger partial charge is 0.388 e. The van der Waals surface area contributed by atoms with Gasteiger partial charge in [0.15, 0.2) is 0 Å². The van der Waals surface area contributed by atoms with Gasteiger partial charge < -0.3 is 5.32 Å². The molecule has 0 radical (unpaired) electrons. The topological polar surface area (TPSA) is 12.0 Å². The Morgan fingerprint density at radius 2 is 1.32 bits per heavy atom. The van der Waals surface area contributed by atoms with Crippen LogP contribution in [0, 0.1) is 0 Å². The van der Waals surface area contributed by atoms with E-state index in [2.05, 4.69) is 72.6 Å². The van der Waals surface area contributed by atoms with Crippen molar-refractivity contribution in [2.24, 2.45) is 0 Å². The second-order valence-electron chi connectivity index (χ2n) is 4.75. The highest BCUT2D eigenvalue weighted by atomic mass is 14.9. The Labute approximate surface area is 116 Å². The van der Waals surface area contributed by atoms with Gasteiger partial charge in [-0.3, -0.25) is 0 Å². The van der Waals surface area contributed by atoms with E-state index < -0.39 is 0 Å². The van der Waals surface area contributed by atoms with E-state index in [9.17, 15) is 0 Å². The van der Waals surface area contributed by atoms with E-state index in [0.717, 1.165) is 31.5 Å². The highest BCUT2D eigenvalue weighted by Crippen LogP contribution is 2.06. The summed E-state index contributed by atoms with van der Waals surface area (Å²) in [5.74, 6) is 0. The zero-order valence-electron chi connectivity index (χ0n) is 11.3. The summed E-state index contributed by atoms with van der Waals surface area (Å²) in [6.45, 7) is 5.05. The predicted molar refractivity (Wildman–Crippen MR) is 82.1 cm³/mol. The second-order valence-corrected chi connectivity index (χ2v) is 4.75. The third kappa shape index (κ3) is 5.01. The maximum Gasteiger partial charge on any atom is 0.0184 e. The molecular weight excluding hydrogens is 230 g/mol. The molecule has 19 heavy (non-hydrogen) atoms. The van der Waals surface area contributed by atoms with Crippen LogP contribution in [-0.4, -0.2) is 6.54 Å². The highest BCUT2D eigenvalue weighted by molar-refractivity contribution is 5.17. The summed E-state index contributed by atoms with van der Waals surface area (Å²) >= 11 is 0. The van der Waals surface area contributed by atoms with E-state index in [-0.39, 0.29) is 0 Å². The molecule has 0 aliphatic heterocycles. The summed E-state index contributed by atoms with van der Waals surface area (Å²) < 4.78 is 0. The Morgan fingerprint density at radius 1 is 0.789 bits per heavy atom. The van der Waals surface area contributed by atoms with Gasteiger partial charge in [-0.1, -0.05) is 67.2 Å². The summed E-state index contributed by atoms with van der Waals surface area (Å²) in [4.78, 5) is 0. The first-order valence-corrected chi connectivity index (χ1v) is 6.84. The molecule has 0 saturated carbocycles. The monoisotopic (exact) mass is 251 g/mol. The molecule has 0 bridgehead atoms. The zero-order valence-corrected chi connectivity index (χ0v) is 11.3. The van der Waals surface area contributed by atoms with Gasteiger partial charge >= 0.3 is 0 Å². The maximum absolute atomic E-state index is 4.09. The minimum absolute atomic E-state index is 0.956. The lowest BCUT2D eigenvalue weighted by molar-refractivity contribution is 0.739. The number of aryl methyl sites for hydroxylation is 1. The van der Waals surface area contributed by atoms with Crippen LogP contribution in [0.1, 0.15) is 17.5 Å². The molecule has 0 fully saturated rings. The molecule has 0 amide bonds. The van der Waals surface area contributed by atoms with Gasteiger partial charge in [0.2, 0.25) is 0 Å². The minimum Gasteiger partial charge on any atom is -0.388 e. The van der Waals surface area contributed by atoms with Gasteiger partial charge in [-0.25, -0.2) is 0 Å². The molecule has 1 nitrogen and oxygen atoms in total. The zero-order chi connectivity index (χ0) is 13.3. The Kier molecular flexibility index (Phi) is 5.24. The van der Waals surface area contributed by atoms with Gasteiger partial charge in [0.05, 0.1) is 0 Å². The molecule has 2 aromatic rings. The summed E-state index contributed by atoms with van der Waals surface area (Å²) in [5.41, 5.74) is 3.86. The van der Waals surface area contributed by atoms with Crippen LogP contribution in [-0.2, 0) is 12.8 Å². The van der Waals surface area contributed by atoms with Gasteiger partial charge in [0.25, 0.3) is 0 Å². The molecule has 1 heteroatoms. The molecule has 0 aromatic heterocycles. The third-order valence-corrected chi connectivity index (χ3v) is 3.19. The van der Waals surface area contributed by atoms with E-state index in [1.165, 1.54) is 11.1 Å². The molecular formula is C18H21N. The van der Waals surface area contributed by atoms with Crippen molar-refractivity contribution in [1.29, 1.82) is 0 Å². The first-order chi connectivity index (χ1) is 9.34. The van der Waals surface area contributed by atoms with Gasteiger partial charge in [-0.15, -0.1) is 0 Å². The fourth-order valence-electron chi connectivity index (χ4n) is 2.06. The number of hydrogen-bond donors (Lipinski definition) is 1. The Morgan fingerprint density at radius 3 is 1.89 bits per heavy atom. The van der Waals surface area contributed by atoms with Crippen LogP contribution in [0.5, 0.6) is 0 Å². The number of rotatable bonds is 7. The molecule has 0 unspecified atom stereocenters. The molecule has 0 aliphatic carbocycles. The standard InChI is InChI=1S/C18H21N/c1-16(12-13-17-8-4-2-5-9-17)19-15-14-18-10-6-3-7-11-18/h2-11,19H,1,12-15H2. The lowest BCUT2D eigenvalue weighted by Gasteiger charge is -2.09. The van der Waals surface area contributed by atoms with Crippen LogP contribution in [0.3, 0.4) is 0 Å². The number of nitrogens with one attached hydrogen (secondary N) is 1. The van der Waals surface area contributed by atoms with Crippen molar-refractivity contribution >= 4 is 0 Å². The van der Waals surface area contributed by atoms with Crippen molar-refractivity contribution in [3.8, 4) is 0 Å². The SMILES string of the molecule is C=C(CCc1ccccc1)NCCc1ccccc1. The van der Waals surface area contributed by atoms with Crippen LogP contribution in [0.4, 0.5) is 0 Å². The van der Waals surface area contributed by atoms with Crippen molar-refractivity contribution in [3.05, 3.63) is 84.1 Å². The molecule has 0 spiro atoms. The average Bonchev–Trinajstić information content (AvgIpc) is 2.47. The van der Waals surface area contributed by atoms with Crippen LogP contribution in [0.15, 0.2) is 72.9 Å². The predicted octanol–water partition coefficient (Wildman–Crippen LogP) is 3.97. The van der Waals surface area contributed by atoms with E-state index in [1.807, 2.05) is 0 Å². The minimum atomic E-state index is 0.956. The van der Waals surface area contributed by atoms with Crippen LogP contribution < -0.4 is 5.32 Å². The number of benzene rings is 2. The number of hydrogen-bond acceptors (Lipinski definition) is 1. The Hall–Kier alpha value is -2.02. The lowest BCUT2D eigenvalue weighted by Crippen LogP contribution is -2.16. The van der Waals surface area contributed by atoms with Gasteiger partial charge in [-0.2, -0.15) is 0 Å². The first kappa shape index (κ1) is 13.4. The molecule has 2 rings (SSSR count). The highest BCUT2D eigenvalue weighted by Gasteiger charge is 1.96. The summed E-state index contributed by atoms with van der Waals surface area (Å²) in [7, 11) is 0. The fraction of sp³-hybridized carbons (Fsp3) is 0.222. The molecule has 1 N–H and O–H groups in total. The number of allylic oxidation sites excluding steroid dienone is 1. The summed E-state index contributed by atoms with van der Waals surface area (Å²) in [6, 6.07) is 21.1. The molecule has 0 atom stereocenters. The van der Waals surface area contributed by atoms with Crippen molar-refractivity contribution in [3.63, 3.8) is 0 Å². The Balaban J connectivity index is 1.65. The van der Waals surface area contributed by atoms with Crippen molar-refractivity contribution in [2.75, 3.05) is 6.54 Å². The molecule has 98 valence electrons. The van der Waals surface area contributed by atoms with Gasteiger partial charge in [0.1, 0.15) is 0 Å². The van der Waals surface area contributed by atoms with Crippen molar-refractivity contribution in [2.45, 2.75) is 19.3 Å². The second kappa shape index (κ2) is 7.42. The summed E-state index contributed by atoms with van der Waals surface area (Å²) in [6.07, 6.45) is 3.10. The molecule has 0 heterocycles. The van der Waals surface area contributed by atoms with E-state index in [1.54, 1.807) is 0 Å². The van der Waals surface area contributed by atoms with Crippen molar-refractivity contribution in [1.82, 2.24) is 5.32 Å². The van der Waals surface area contributed by atoms with Crippen LogP contribution in [0.25, 0.3) is 0 Å². The Bertz CT molecular complexity index is 488. The smallest absolute Gasteiger partial charge is 0.0184 e. The van der Waals surface area contributed by atoms with E-state index in [4.69, 9.17) is 0 Å². The van der Waals surface area contributed by atoms with Gasteiger partial charge in [-0.05, 0) is 30.4 Å². The normalized spacial score (nSPS) is 10.1. The van der Waals surface area contributed by atoms with Crippen molar-refractivity contribution < 1.29 is 0 Å². The van der Waals surface area contributed by atoms with Crippen LogP contribution >= 0.6 is 0 Å². The molecule has 0 aliphatic rings. The van der Waals surface area contributed by atoms with Crippen LogP contribution in [0.2, 0.25) is 0 Å². The van der Waals surface area contributed by atoms with Gasteiger partial charge in [0, 0.05) is 12.2 Å². The van der Waals surface area contributed by atoms with E-state index in [0.29, 0.717) is 0 Å². The van der Waals surface area contributed by atoms with E-state index >= 15 is 0 Å².